The van der Waals surface area contributed by atoms with Gasteiger partial charge in [0.05, 0.1) is 0 Å². The Morgan fingerprint density at radius 1 is 0.469 bits per heavy atom. The van der Waals surface area contributed by atoms with E-state index in [-0.39, 0.29) is 11.3 Å². The van der Waals surface area contributed by atoms with Gasteiger partial charge in [-0.15, -0.1) is 0 Å². The lowest BCUT2D eigenvalue weighted by molar-refractivity contribution is 0.613. The van der Waals surface area contributed by atoms with Gasteiger partial charge in [-0.05, 0) is 146 Å². The molecule has 0 spiro atoms. The normalized spacial score (nSPS) is 18.1. The molecule has 0 saturated heterocycles. The number of rotatable bonds is 1. The third kappa shape index (κ3) is 4.91. The lowest BCUT2D eigenvalue weighted by Crippen LogP contribution is -2.23. The Balaban J connectivity index is 1.08. The molecular formula is C60H43N3O. The summed E-state index contributed by atoms with van der Waals surface area (Å²) in [5, 5.41) is 2.13. The van der Waals surface area contributed by atoms with E-state index >= 15 is 0 Å². The molecule has 3 aliphatic carbocycles. The number of nitrogens with zero attached hydrogens (tertiary/aromatic N) is 3. The van der Waals surface area contributed by atoms with Gasteiger partial charge in [0, 0.05) is 38.3 Å². The van der Waals surface area contributed by atoms with Crippen LogP contribution in [-0.2, 0) is 23.7 Å². The lowest BCUT2D eigenvalue weighted by atomic mass is 9.72. The van der Waals surface area contributed by atoms with Gasteiger partial charge in [-0.1, -0.05) is 141 Å². The molecule has 2 aromatic heterocycles. The van der Waals surface area contributed by atoms with Crippen LogP contribution in [-0.4, -0.2) is 15.0 Å². The molecule has 304 valence electrons. The maximum absolute atomic E-state index is 6.65. The van der Waals surface area contributed by atoms with Gasteiger partial charge < -0.3 is 4.42 Å². The zero-order valence-corrected chi connectivity index (χ0v) is 36.0. The second-order valence-electron chi connectivity index (χ2n) is 19.2. The van der Waals surface area contributed by atoms with Crippen molar-refractivity contribution in [2.45, 2.75) is 56.8 Å². The molecule has 10 aromatic rings. The van der Waals surface area contributed by atoms with Gasteiger partial charge in [0.25, 0.3) is 0 Å². The first kappa shape index (κ1) is 36.1. The minimum absolute atomic E-state index is 0.0757. The van der Waals surface area contributed by atoms with Crippen LogP contribution < -0.4 is 0 Å². The fraction of sp³-hybridized carbons (Fsp3) is 0.150. The first-order chi connectivity index (χ1) is 31.3. The summed E-state index contributed by atoms with van der Waals surface area (Å²) in [6, 6.07) is 60.9. The van der Waals surface area contributed by atoms with Gasteiger partial charge in [0.15, 0.2) is 17.5 Å². The summed E-state index contributed by atoms with van der Waals surface area (Å²) in [4.78, 5) is 15.8. The predicted molar refractivity (Wildman–Crippen MR) is 259 cm³/mol. The van der Waals surface area contributed by atoms with Crippen LogP contribution in [0.5, 0.6) is 0 Å². The largest absolute Gasteiger partial charge is 0.456 e. The molecule has 9 bridgehead atoms. The smallest absolute Gasteiger partial charge is 0.164 e. The first-order valence-corrected chi connectivity index (χ1v) is 22.7. The topological polar surface area (TPSA) is 51.8 Å². The Morgan fingerprint density at radius 3 is 1.97 bits per heavy atom. The Hall–Kier alpha value is -7.43. The van der Waals surface area contributed by atoms with Crippen LogP contribution in [0.15, 0.2) is 168 Å². The number of aromatic nitrogens is 3. The molecule has 4 aliphatic rings. The van der Waals surface area contributed by atoms with Crippen molar-refractivity contribution >= 4 is 21.9 Å². The van der Waals surface area contributed by atoms with Crippen LogP contribution in [0.3, 0.4) is 0 Å². The Labute approximate surface area is 372 Å². The number of benzene rings is 8. The van der Waals surface area contributed by atoms with Crippen molar-refractivity contribution in [2.75, 3.05) is 0 Å². The summed E-state index contributed by atoms with van der Waals surface area (Å²) in [5.74, 6) is 2.19. The second-order valence-corrected chi connectivity index (χ2v) is 19.2. The average molecular weight is 822 g/mol. The molecule has 4 nitrogen and oxygen atoms in total. The average Bonchev–Trinajstić information content (AvgIpc) is 3.91. The second kappa shape index (κ2) is 12.8. The molecule has 4 heteroatoms. The van der Waals surface area contributed by atoms with E-state index < -0.39 is 5.41 Å². The number of hydrogen-bond donors (Lipinski definition) is 0. The van der Waals surface area contributed by atoms with E-state index in [4.69, 9.17) is 19.4 Å². The zero-order valence-electron chi connectivity index (χ0n) is 36.0. The van der Waals surface area contributed by atoms with Gasteiger partial charge in [0.2, 0.25) is 0 Å². The number of aryl methyl sites for hydroxylation is 1. The van der Waals surface area contributed by atoms with Gasteiger partial charge in [-0.3, -0.25) is 0 Å². The highest BCUT2D eigenvalue weighted by Gasteiger charge is 2.43. The standard InChI is InChI=1S/C60H43N3O/c1-59(2)49-20-9-7-17-41(49)46-32-44-37(30-51(46)59)24-23-35-27-39-31-52-47(33-45(39)44)42-18-8-10-21-50(42)60(52,3)40-16-11-15-38(28-40)57-61-56(34-13-5-4-6-14-34)62-58(63-57)43-19-12-22-54-55(43)48-29-36(35)25-26-53(48)64-54/h4-22,25-26,28-33,35H,23-24,27H2,1-3H3. The summed E-state index contributed by atoms with van der Waals surface area (Å²) >= 11 is 0. The van der Waals surface area contributed by atoms with Crippen LogP contribution >= 0.6 is 0 Å². The molecule has 0 N–H and O–H groups in total. The van der Waals surface area contributed by atoms with Gasteiger partial charge in [-0.2, -0.15) is 0 Å². The van der Waals surface area contributed by atoms with E-state index in [2.05, 4.69) is 166 Å². The first-order valence-electron chi connectivity index (χ1n) is 22.7. The van der Waals surface area contributed by atoms with E-state index in [0.717, 1.165) is 57.9 Å². The number of furan rings is 1. The zero-order chi connectivity index (χ0) is 42.5. The summed E-state index contributed by atoms with van der Waals surface area (Å²) in [7, 11) is 0. The van der Waals surface area contributed by atoms with E-state index in [9.17, 15) is 0 Å². The van der Waals surface area contributed by atoms with Crippen molar-refractivity contribution in [2.24, 2.45) is 0 Å². The molecule has 1 aliphatic heterocycles. The van der Waals surface area contributed by atoms with Crippen LogP contribution in [0.4, 0.5) is 0 Å². The summed E-state index contributed by atoms with van der Waals surface area (Å²) in [6.07, 6.45) is 2.94. The van der Waals surface area contributed by atoms with Crippen molar-refractivity contribution in [3.8, 4) is 67.5 Å². The van der Waals surface area contributed by atoms with Crippen molar-refractivity contribution in [3.63, 3.8) is 0 Å². The van der Waals surface area contributed by atoms with E-state index in [0.29, 0.717) is 17.5 Å². The quantitative estimate of drug-likeness (QED) is 0.165. The van der Waals surface area contributed by atoms with Crippen molar-refractivity contribution in [3.05, 3.63) is 208 Å². The van der Waals surface area contributed by atoms with E-state index in [1.807, 2.05) is 18.2 Å². The Morgan fingerprint density at radius 2 is 1.12 bits per heavy atom. The molecular weight excluding hydrogens is 779 g/mol. The van der Waals surface area contributed by atoms with Gasteiger partial charge >= 0.3 is 0 Å². The molecule has 0 amide bonds. The summed E-state index contributed by atoms with van der Waals surface area (Å²) in [5.41, 5.74) is 23.0. The van der Waals surface area contributed by atoms with Crippen molar-refractivity contribution in [1.82, 2.24) is 15.0 Å². The Bertz CT molecular complexity index is 3650. The minimum Gasteiger partial charge on any atom is -0.456 e. The molecule has 64 heavy (non-hydrogen) atoms. The lowest BCUT2D eigenvalue weighted by Gasteiger charge is -2.31. The van der Waals surface area contributed by atoms with Gasteiger partial charge in [-0.25, -0.2) is 15.0 Å². The number of hydrogen-bond acceptors (Lipinski definition) is 4. The highest BCUT2D eigenvalue weighted by molar-refractivity contribution is 6.12. The maximum Gasteiger partial charge on any atom is 0.164 e. The molecule has 14 rings (SSSR count). The molecule has 8 aromatic carbocycles. The third-order valence-corrected chi connectivity index (χ3v) is 15.5. The van der Waals surface area contributed by atoms with Crippen LogP contribution in [0.1, 0.15) is 77.6 Å². The highest BCUT2D eigenvalue weighted by Crippen LogP contribution is 2.57. The van der Waals surface area contributed by atoms with E-state index in [1.165, 1.54) is 77.9 Å². The Kier molecular flexibility index (Phi) is 7.24. The molecule has 0 radical (unpaired) electrons. The van der Waals surface area contributed by atoms with Crippen molar-refractivity contribution < 1.29 is 4.42 Å². The molecule has 2 unspecified atom stereocenters. The monoisotopic (exact) mass is 821 g/mol. The molecule has 2 atom stereocenters. The number of fused-ring (bicyclic) bond motifs is 18. The molecule has 0 saturated carbocycles. The fourth-order valence-electron chi connectivity index (χ4n) is 12.1. The predicted octanol–water partition coefficient (Wildman–Crippen LogP) is 14.7. The van der Waals surface area contributed by atoms with Gasteiger partial charge in [0.1, 0.15) is 11.2 Å². The fourth-order valence-corrected chi connectivity index (χ4v) is 12.1. The van der Waals surface area contributed by atoms with Crippen LogP contribution in [0.25, 0.3) is 89.5 Å². The third-order valence-electron chi connectivity index (χ3n) is 15.5. The maximum atomic E-state index is 6.65. The highest BCUT2D eigenvalue weighted by atomic mass is 16.3. The van der Waals surface area contributed by atoms with E-state index in [1.54, 1.807) is 0 Å². The minimum atomic E-state index is -0.431. The summed E-state index contributed by atoms with van der Waals surface area (Å²) in [6.45, 7) is 7.23. The SMILES string of the molecule is CC1(C)c2ccccc2-c2cc3c(cc21)CCC1Cc2cc4c(cc2-3)-c2ccccc2C4(C)c2cccc(c2)-c2nc(-c3ccccc3)nc(n2)-c2cccc3oc4ccc1cc4c23. The summed E-state index contributed by atoms with van der Waals surface area (Å²) < 4.78 is 6.65. The molecule has 0 fully saturated rings. The van der Waals surface area contributed by atoms with Crippen LogP contribution in [0, 0.1) is 0 Å². The van der Waals surface area contributed by atoms with Crippen LogP contribution in [0.2, 0.25) is 0 Å². The molecule has 3 heterocycles. The van der Waals surface area contributed by atoms with Crippen molar-refractivity contribution in [1.29, 1.82) is 0 Å².